The van der Waals surface area contributed by atoms with Gasteiger partial charge in [0, 0.05) is 13.1 Å². The Labute approximate surface area is 104 Å². The molecule has 17 heavy (non-hydrogen) atoms. The van der Waals surface area contributed by atoms with E-state index < -0.39 is 10.0 Å². The van der Waals surface area contributed by atoms with Crippen molar-refractivity contribution in [3.8, 4) is 0 Å². The van der Waals surface area contributed by atoms with Crippen LogP contribution in [-0.4, -0.2) is 42.3 Å². The highest BCUT2D eigenvalue weighted by molar-refractivity contribution is 7.89. The smallest absolute Gasteiger partial charge is 0.216 e. The van der Waals surface area contributed by atoms with Gasteiger partial charge in [-0.25, -0.2) is 12.7 Å². The Morgan fingerprint density at radius 1 is 1.00 bits per heavy atom. The van der Waals surface area contributed by atoms with E-state index in [1.807, 2.05) is 0 Å². The second-order valence-corrected chi connectivity index (χ2v) is 7.70. The summed E-state index contributed by atoms with van der Waals surface area (Å²) in [4.78, 5) is 0. The van der Waals surface area contributed by atoms with E-state index in [4.69, 9.17) is 0 Å². The lowest BCUT2D eigenvalue weighted by atomic mass is 9.93. The summed E-state index contributed by atoms with van der Waals surface area (Å²) in [6.45, 7) is 0. The largest absolute Gasteiger partial charge is 0.393 e. The topological polar surface area (TPSA) is 57.6 Å². The zero-order valence-electron chi connectivity index (χ0n) is 10.5. The van der Waals surface area contributed by atoms with Gasteiger partial charge in [-0.15, -0.1) is 0 Å². The van der Waals surface area contributed by atoms with Crippen LogP contribution in [0.1, 0.15) is 51.4 Å². The van der Waals surface area contributed by atoms with Gasteiger partial charge in [-0.3, -0.25) is 0 Å². The molecule has 0 aromatic rings. The van der Waals surface area contributed by atoms with Crippen molar-refractivity contribution in [2.75, 3.05) is 7.05 Å². The van der Waals surface area contributed by atoms with Crippen LogP contribution < -0.4 is 0 Å². The van der Waals surface area contributed by atoms with Crippen LogP contribution in [0.5, 0.6) is 0 Å². The Morgan fingerprint density at radius 2 is 1.53 bits per heavy atom. The van der Waals surface area contributed by atoms with Crippen molar-refractivity contribution in [2.24, 2.45) is 0 Å². The SMILES string of the molecule is CN(C1CCC(O)CC1)S(=O)(=O)C1CCCC1. The lowest BCUT2D eigenvalue weighted by Gasteiger charge is -2.33. The van der Waals surface area contributed by atoms with Crippen LogP contribution in [0.25, 0.3) is 0 Å². The van der Waals surface area contributed by atoms with Crippen molar-refractivity contribution in [1.82, 2.24) is 4.31 Å². The maximum atomic E-state index is 12.4. The molecule has 2 rings (SSSR count). The van der Waals surface area contributed by atoms with Crippen LogP contribution in [0.3, 0.4) is 0 Å². The number of nitrogens with zero attached hydrogens (tertiary/aromatic N) is 1. The first-order valence-corrected chi connectivity index (χ1v) is 8.17. The molecule has 0 bridgehead atoms. The number of hydrogen-bond acceptors (Lipinski definition) is 3. The third kappa shape index (κ3) is 2.83. The average Bonchev–Trinajstić information content (AvgIpc) is 2.83. The Bertz CT molecular complexity index is 341. The van der Waals surface area contributed by atoms with Gasteiger partial charge in [0.05, 0.1) is 11.4 Å². The van der Waals surface area contributed by atoms with Gasteiger partial charge in [-0.2, -0.15) is 0 Å². The highest BCUT2D eigenvalue weighted by atomic mass is 32.2. The lowest BCUT2D eigenvalue weighted by molar-refractivity contribution is 0.104. The minimum atomic E-state index is -3.10. The molecule has 0 aromatic heterocycles. The summed E-state index contributed by atoms with van der Waals surface area (Å²) in [7, 11) is -1.39. The molecular formula is C12H23NO3S. The van der Waals surface area contributed by atoms with Gasteiger partial charge in [0.15, 0.2) is 0 Å². The molecule has 4 nitrogen and oxygen atoms in total. The van der Waals surface area contributed by atoms with Crippen molar-refractivity contribution in [3.05, 3.63) is 0 Å². The van der Waals surface area contributed by atoms with Crippen molar-refractivity contribution in [1.29, 1.82) is 0 Å². The maximum absolute atomic E-state index is 12.4. The van der Waals surface area contributed by atoms with Gasteiger partial charge in [0.2, 0.25) is 10.0 Å². The van der Waals surface area contributed by atoms with Gasteiger partial charge >= 0.3 is 0 Å². The fourth-order valence-electron chi connectivity index (χ4n) is 3.05. The van der Waals surface area contributed by atoms with E-state index in [0.717, 1.165) is 51.4 Å². The van der Waals surface area contributed by atoms with E-state index in [9.17, 15) is 13.5 Å². The molecule has 0 unspecified atom stereocenters. The molecule has 0 heterocycles. The zero-order chi connectivity index (χ0) is 12.5. The van der Waals surface area contributed by atoms with Crippen LogP contribution in [-0.2, 0) is 10.0 Å². The Hall–Kier alpha value is -0.130. The predicted molar refractivity (Wildman–Crippen MR) is 67.2 cm³/mol. The Kier molecular flexibility index (Phi) is 4.10. The summed E-state index contributed by atoms with van der Waals surface area (Å²) in [5.41, 5.74) is 0. The van der Waals surface area contributed by atoms with Crippen LogP contribution in [0.2, 0.25) is 0 Å². The van der Waals surface area contributed by atoms with Gasteiger partial charge in [0.1, 0.15) is 0 Å². The number of aliphatic hydroxyl groups excluding tert-OH is 1. The van der Waals surface area contributed by atoms with Crippen LogP contribution >= 0.6 is 0 Å². The van der Waals surface area contributed by atoms with Gasteiger partial charge < -0.3 is 5.11 Å². The van der Waals surface area contributed by atoms with Crippen LogP contribution in [0.4, 0.5) is 0 Å². The molecule has 0 aliphatic heterocycles. The molecule has 2 saturated carbocycles. The molecule has 0 radical (unpaired) electrons. The average molecular weight is 261 g/mol. The Morgan fingerprint density at radius 3 is 2.06 bits per heavy atom. The van der Waals surface area contributed by atoms with Crippen LogP contribution in [0.15, 0.2) is 0 Å². The van der Waals surface area contributed by atoms with E-state index in [1.54, 1.807) is 11.4 Å². The fraction of sp³-hybridized carbons (Fsp3) is 1.00. The molecule has 0 amide bonds. The van der Waals surface area contributed by atoms with Crippen LogP contribution in [0, 0.1) is 0 Å². The van der Waals surface area contributed by atoms with E-state index >= 15 is 0 Å². The lowest BCUT2D eigenvalue weighted by Crippen LogP contribution is -2.43. The van der Waals surface area contributed by atoms with E-state index in [2.05, 4.69) is 0 Å². The van der Waals surface area contributed by atoms with Crippen molar-refractivity contribution < 1.29 is 13.5 Å². The number of sulfonamides is 1. The molecule has 2 aliphatic carbocycles. The van der Waals surface area contributed by atoms with E-state index in [-0.39, 0.29) is 17.4 Å². The molecule has 0 spiro atoms. The molecule has 0 saturated heterocycles. The van der Waals surface area contributed by atoms with Crippen molar-refractivity contribution in [3.63, 3.8) is 0 Å². The third-order valence-corrected chi connectivity index (χ3v) is 6.72. The molecule has 5 heteroatoms. The minimum Gasteiger partial charge on any atom is -0.393 e. The quantitative estimate of drug-likeness (QED) is 0.837. The molecular weight excluding hydrogens is 238 g/mol. The summed E-state index contributed by atoms with van der Waals surface area (Å²) in [6, 6.07) is 0.101. The highest BCUT2D eigenvalue weighted by Gasteiger charge is 2.36. The normalized spacial score (nSPS) is 32.2. The summed E-state index contributed by atoms with van der Waals surface area (Å²) in [5.74, 6) is 0. The first kappa shape index (κ1) is 13.3. The summed E-state index contributed by atoms with van der Waals surface area (Å²) in [5, 5.41) is 9.30. The Balaban J connectivity index is 2.00. The number of hydrogen-bond donors (Lipinski definition) is 1. The van der Waals surface area contributed by atoms with Gasteiger partial charge in [0.25, 0.3) is 0 Å². The van der Waals surface area contributed by atoms with E-state index in [1.165, 1.54) is 0 Å². The second kappa shape index (κ2) is 5.24. The molecule has 0 atom stereocenters. The second-order valence-electron chi connectivity index (χ2n) is 5.43. The maximum Gasteiger partial charge on any atom is 0.216 e. The minimum absolute atomic E-state index is 0.101. The number of rotatable bonds is 3. The molecule has 0 aromatic carbocycles. The molecule has 2 fully saturated rings. The first-order chi connectivity index (χ1) is 8.01. The molecule has 2 aliphatic rings. The summed E-state index contributed by atoms with van der Waals surface area (Å²) >= 11 is 0. The standard InChI is InChI=1S/C12H23NO3S/c1-13(10-6-8-11(14)9-7-10)17(15,16)12-4-2-3-5-12/h10-12,14H,2-9H2,1H3. The third-order valence-electron chi connectivity index (χ3n) is 4.31. The highest BCUT2D eigenvalue weighted by Crippen LogP contribution is 2.30. The summed E-state index contributed by atoms with van der Waals surface area (Å²) in [6.07, 6.45) is 6.55. The molecule has 1 N–H and O–H groups in total. The van der Waals surface area contributed by atoms with Gasteiger partial charge in [-0.05, 0) is 38.5 Å². The molecule has 100 valence electrons. The predicted octanol–water partition coefficient (Wildman–Crippen LogP) is 1.49. The van der Waals surface area contributed by atoms with Gasteiger partial charge in [-0.1, -0.05) is 12.8 Å². The number of aliphatic hydroxyl groups is 1. The zero-order valence-corrected chi connectivity index (χ0v) is 11.3. The first-order valence-electron chi connectivity index (χ1n) is 6.66. The fourth-order valence-corrected chi connectivity index (χ4v) is 5.08. The van der Waals surface area contributed by atoms with E-state index in [0.29, 0.717) is 0 Å². The van der Waals surface area contributed by atoms with Crippen molar-refractivity contribution >= 4 is 10.0 Å². The summed E-state index contributed by atoms with van der Waals surface area (Å²) < 4.78 is 26.3. The van der Waals surface area contributed by atoms with Crippen molar-refractivity contribution in [2.45, 2.75) is 68.8 Å². The monoisotopic (exact) mass is 261 g/mol.